The second-order valence-corrected chi connectivity index (χ2v) is 3.22. The van der Waals surface area contributed by atoms with Gasteiger partial charge in [0.1, 0.15) is 5.75 Å². The lowest BCUT2D eigenvalue weighted by molar-refractivity contribution is 0.417. The minimum atomic E-state index is 0.693. The van der Waals surface area contributed by atoms with Crippen molar-refractivity contribution in [3.8, 4) is 5.75 Å². The molecule has 1 aromatic carbocycles. The summed E-state index contributed by atoms with van der Waals surface area (Å²) in [4.78, 5) is 4.23. The molecule has 0 amide bonds. The van der Waals surface area contributed by atoms with Crippen LogP contribution >= 0.6 is 0 Å². The quantitative estimate of drug-likeness (QED) is 0.697. The zero-order valence-electron chi connectivity index (χ0n) is 8.24. The standard InChI is InChI=1S/C11H12N2O/c1-7-6-9(12)10-8(11(7)14-2)4-3-5-13-10/h3-6H,12H2,1-2H3. The predicted octanol–water partition coefficient (Wildman–Crippen LogP) is 2.13. The normalized spacial score (nSPS) is 10.4. The fraction of sp³-hybridized carbons (Fsp3) is 0.182. The Balaban J connectivity index is 2.90. The summed E-state index contributed by atoms with van der Waals surface area (Å²) in [6.45, 7) is 1.97. The number of hydrogen-bond donors (Lipinski definition) is 1. The SMILES string of the molecule is COc1c(C)cc(N)c2ncccc12. The molecule has 1 aromatic heterocycles. The predicted molar refractivity (Wildman–Crippen MR) is 57.4 cm³/mol. The number of aromatic nitrogens is 1. The molecule has 0 aliphatic rings. The van der Waals surface area contributed by atoms with E-state index in [2.05, 4.69) is 4.98 Å². The van der Waals surface area contributed by atoms with Crippen LogP contribution in [0.15, 0.2) is 24.4 Å². The molecule has 2 aromatic rings. The molecule has 0 saturated carbocycles. The smallest absolute Gasteiger partial charge is 0.131 e. The van der Waals surface area contributed by atoms with Crippen LogP contribution in [-0.2, 0) is 0 Å². The lowest BCUT2D eigenvalue weighted by atomic mass is 10.1. The maximum absolute atomic E-state index is 5.86. The Hall–Kier alpha value is -1.77. The number of aryl methyl sites for hydroxylation is 1. The van der Waals surface area contributed by atoms with Gasteiger partial charge in [0.25, 0.3) is 0 Å². The summed E-state index contributed by atoms with van der Waals surface area (Å²) in [7, 11) is 1.66. The minimum Gasteiger partial charge on any atom is -0.496 e. The zero-order valence-corrected chi connectivity index (χ0v) is 8.24. The largest absolute Gasteiger partial charge is 0.496 e. The van der Waals surface area contributed by atoms with Gasteiger partial charge in [0, 0.05) is 11.6 Å². The summed E-state index contributed by atoms with van der Waals surface area (Å²) >= 11 is 0. The van der Waals surface area contributed by atoms with E-state index in [1.165, 1.54) is 0 Å². The van der Waals surface area contributed by atoms with Crippen LogP contribution < -0.4 is 10.5 Å². The second kappa shape index (κ2) is 3.18. The van der Waals surface area contributed by atoms with Gasteiger partial charge in [-0.05, 0) is 30.7 Å². The number of anilines is 1. The molecule has 1 heterocycles. The molecule has 3 nitrogen and oxygen atoms in total. The third kappa shape index (κ3) is 1.18. The average molecular weight is 188 g/mol. The van der Waals surface area contributed by atoms with Crippen molar-refractivity contribution in [3.05, 3.63) is 30.0 Å². The molecule has 2 rings (SSSR count). The van der Waals surface area contributed by atoms with Crippen molar-refractivity contribution < 1.29 is 4.74 Å². The van der Waals surface area contributed by atoms with E-state index in [0.29, 0.717) is 5.69 Å². The maximum Gasteiger partial charge on any atom is 0.131 e. The minimum absolute atomic E-state index is 0.693. The number of benzene rings is 1. The van der Waals surface area contributed by atoms with Gasteiger partial charge in [0.2, 0.25) is 0 Å². The van der Waals surface area contributed by atoms with E-state index in [9.17, 15) is 0 Å². The lowest BCUT2D eigenvalue weighted by Crippen LogP contribution is -1.95. The fourth-order valence-electron chi connectivity index (χ4n) is 1.67. The Labute approximate surface area is 82.5 Å². The highest BCUT2D eigenvalue weighted by Crippen LogP contribution is 2.31. The Morgan fingerprint density at radius 1 is 1.43 bits per heavy atom. The van der Waals surface area contributed by atoms with Gasteiger partial charge in [-0.15, -0.1) is 0 Å². The Bertz CT molecular complexity index is 480. The molecule has 0 aliphatic heterocycles. The van der Waals surface area contributed by atoms with E-state index < -0.39 is 0 Å². The molecule has 0 spiro atoms. The molecular formula is C11H12N2O. The average Bonchev–Trinajstić information content (AvgIpc) is 2.18. The second-order valence-electron chi connectivity index (χ2n) is 3.22. The highest BCUT2D eigenvalue weighted by Gasteiger charge is 2.08. The number of ether oxygens (including phenoxy) is 1. The lowest BCUT2D eigenvalue weighted by Gasteiger charge is -2.09. The number of nitrogens with two attached hydrogens (primary N) is 1. The molecule has 0 radical (unpaired) electrons. The Morgan fingerprint density at radius 2 is 2.21 bits per heavy atom. The molecule has 72 valence electrons. The summed E-state index contributed by atoms with van der Waals surface area (Å²) in [5.41, 5.74) is 8.39. The summed E-state index contributed by atoms with van der Waals surface area (Å²) in [5.74, 6) is 0.849. The maximum atomic E-state index is 5.86. The van der Waals surface area contributed by atoms with Gasteiger partial charge in [0.15, 0.2) is 0 Å². The number of methoxy groups -OCH3 is 1. The summed E-state index contributed by atoms with van der Waals surface area (Å²) in [6, 6.07) is 5.72. The number of pyridine rings is 1. The molecular weight excluding hydrogens is 176 g/mol. The van der Waals surface area contributed by atoms with Gasteiger partial charge < -0.3 is 10.5 Å². The number of rotatable bonds is 1. The third-order valence-electron chi connectivity index (χ3n) is 2.26. The monoisotopic (exact) mass is 188 g/mol. The van der Waals surface area contributed by atoms with Gasteiger partial charge in [0.05, 0.1) is 18.3 Å². The summed E-state index contributed by atoms with van der Waals surface area (Å²) < 4.78 is 5.32. The van der Waals surface area contributed by atoms with Crippen LogP contribution in [-0.4, -0.2) is 12.1 Å². The van der Waals surface area contributed by atoms with Crippen LogP contribution in [0, 0.1) is 6.92 Å². The molecule has 0 fully saturated rings. The van der Waals surface area contributed by atoms with E-state index >= 15 is 0 Å². The number of nitrogens with zero attached hydrogens (tertiary/aromatic N) is 1. The molecule has 0 bridgehead atoms. The first-order valence-corrected chi connectivity index (χ1v) is 4.42. The topological polar surface area (TPSA) is 48.1 Å². The van der Waals surface area contributed by atoms with Gasteiger partial charge in [-0.1, -0.05) is 0 Å². The molecule has 0 saturated heterocycles. The molecule has 0 unspecified atom stereocenters. The molecule has 0 atom stereocenters. The van der Waals surface area contributed by atoms with E-state index in [1.807, 2.05) is 25.1 Å². The van der Waals surface area contributed by atoms with Gasteiger partial charge in [-0.3, -0.25) is 4.98 Å². The van der Waals surface area contributed by atoms with E-state index in [4.69, 9.17) is 10.5 Å². The van der Waals surface area contributed by atoms with E-state index in [-0.39, 0.29) is 0 Å². The van der Waals surface area contributed by atoms with Crippen molar-refractivity contribution in [1.82, 2.24) is 4.98 Å². The van der Waals surface area contributed by atoms with Crippen LogP contribution in [0.4, 0.5) is 5.69 Å². The number of hydrogen-bond acceptors (Lipinski definition) is 3. The first-order valence-electron chi connectivity index (χ1n) is 4.42. The van der Waals surface area contributed by atoms with Crippen molar-refractivity contribution in [1.29, 1.82) is 0 Å². The van der Waals surface area contributed by atoms with Crippen LogP contribution in [0.3, 0.4) is 0 Å². The van der Waals surface area contributed by atoms with Crippen molar-refractivity contribution >= 4 is 16.6 Å². The highest BCUT2D eigenvalue weighted by molar-refractivity contribution is 5.95. The Morgan fingerprint density at radius 3 is 2.93 bits per heavy atom. The van der Waals surface area contributed by atoms with Gasteiger partial charge >= 0.3 is 0 Å². The molecule has 2 N–H and O–H groups in total. The van der Waals surface area contributed by atoms with Gasteiger partial charge in [-0.2, -0.15) is 0 Å². The van der Waals surface area contributed by atoms with Crippen molar-refractivity contribution in [3.63, 3.8) is 0 Å². The molecule has 14 heavy (non-hydrogen) atoms. The number of fused-ring (bicyclic) bond motifs is 1. The first-order chi connectivity index (χ1) is 6.74. The fourth-order valence-corrected chi connectivity index (χ4v) is 1.67. The molecule has 0 aliphatic carbocycles. The molecule has 3 heteroatoms. The number of nitrogen functional groups attached to an aromatic ring is 1. The van der Waals surface area contributed by atoms with Gasteiger partial charge in [-0.25, -0.2) is 0 Å². The van der Waals surface area contributed by atoms with Crippen molar-refractivity contribution in [2.75, 3.05) is 12.8 Å². The Kier molecular flexibility index (Phi) is 2.00. The highest BCUT2D eigenvalue weighted by atomic mass is 16.5. The third-order valence-corrected chi connectivity index (χ3v) is 2.26. The summed E-state index contributed by atoms with van der Waals surface area (Å²) in [5, 5.41) is 0.965. The first kappa shape index (κ1) is 8.81. The van der Waals surface area contributed by atoms with Crippen molar-refractivity contribution in [2.45, 2.75) is 6.92 Å². The van der Waals surface area contributed by atoms with Crippen molar-refractivity contribution in [2.24, 2.45) is 0 Å². The van der Waals surface area contributed by atoms with E-state index in [0.717, 1.165) is 22.2 Å². The van der Waals surface area contributed by atoms with Crippen LogP contribution in [0.2, 0.25) is 0 Å². The van der Waals surface area contributed by atoms with Crippen LogP contribution in [0.5, 0.6) is 5.75 Å². The van der Waals surface area contributed by atoms with E-state index in [1.54, 1.807) is 13.3 Å². The summed E-state index contributed by atoms with van der Waals surface area (Å²) in [6.07, 6.45) is 1.73. The van der Waals surface area contributed by atoms with Crippen LogP contribution in [0.25, 0.3) is 10.9 Å². The zero-order chi connectivity index (χ0) is 10.1. The van der Waals surface area contributed by atoms with Crippen LogP contribution in [0.1, 0.15) is 5.56 Å².